The van der Waals surface area contributed by atoms with E-state index < -0.39 is 18.2 Å². The average molecular weight is 588 g/mol. The van der Waals surface area contributed by atoms with E-state index in [2.05, 4.69) is 15.6 Å². The lowest BCUT2D eigenvalue weighted by molar-refractivity contribution is 0.0696. The Kier molecular flexibility index (Phi) is 9.33. The van der Waals surface area contributed by atoms with Gasteiger partial charge in [-0.2, -0.15) is 0 Å². The van der Waals surface area contributed by atoms with Crippen molar-refractivity contribution in [1.82, 2.24) is 10.3 Å². The van der Waals surface area contributed by atoms with Gasteiger partial charge in [0.15, 0.2) is 0 Å². The maximum Gasteiger partial charge on any atom is 0.411 e. The van der Waals surface area contributed by atoms with Crippen LogP contribution in [-0.4, -0.2) is 39.8 Å². The molecule has 1 aliphatic carbocycles. The lowest BCUT2D eigenvalue weighted by Crippen LogP contribution is -2.37. The van der Waals surface area contributed by atoms with Crippen molar-refractivity contribution >= 4 is 29.4 Å². The first-order chi connectivity index (χ1) is 20.3. The first-order valence-corrected chi connectivity index (χ1v) is 13.9. The number of amides is 1. The van der Waals surface area contributed by atoms with E-state index in [0.717, 1.165) is 30.4 Å². The van der Waals surface area contributed by atoms with Crippen molar-refractivity contribution in [2.24, 2.45) is 0 Å². The molecule has 0 bridgehead atoms. The zero-order valence-corrected chi connectivity index (χ0v) is 23.4. The van der Waals surface area contributed by atoms with Crippen LogP contribution in [0.25, 0.3) is 0 Å². The molecule has 4 N–H and O–H groups in total. The zero-order valence-electron chi connectivity index (χ0n) is 22.6. The number of nitrogens with zero attached hydrogens (tertiary/aromatic N) is 1. The molecule has 5 rings (SSSR count). The Labute approximate surface area is 248 Å². The van der Waals surface area contributed by atoms with Crippen molar-refractivity contribution in [2.45, 2.75) is 38.0 Å². The van der Waals surface area contributed by atoms with Crippen molar-refractivity contribution in [3.05, 3.63) is 118 Å². The minimum Gasteiger partial charge on any atom is -0.478 e. The molecular weight excluding hydrogens is 558 g/mol. The van der Waals surface area contributed by atoms with Crippen LogP contribution in [0.4, 0.5) is 10.5 Å². The molecular formula is C32H30ClN3O6. The number of carboxylic acid groups (broad SMARTS) is 1. The normalized spacial score (nSPS) is 14.9. The van der Waals surface area contributed by atoms with Crippen molar-refractivity contribution in [3.63, 3.8) is 0 Å². The third-order valence-electron chi connectivity index (χ3n) is 6.99. The minimum atomic E-state index is -1.16. The van der Waals surface area contributed by atoms with E-state index in [1.54, 1.807) is 24.4 Å². The number of hydrogen-bond donors (Lipinski definition) is 4. The van der Waals surface area contributed by atoms with Gasteiger partial charge in [-0.05, 0) is 66.3 Å². The van der Waals surface area contributed by atoms with Crippen LogP contribution in [-0.2, 0) is 24.2 Å². The van der Waals surface area contributed by atoms with Crippen molar-refractivity contribution in [3.8, 4) is 11.5 Å². The van der Waals surface area contributed by atoms with Gasteiger partial charge >= 0.3 is 12.1 Å². The highest BCUT2D eigenvalue weighted by Crippen LogP contribution is 2.31. The SMILES string of the molecule is O=C(Nc1cc(Oc2ccc3c(c2)C[C@@H](NC[C@@H](O)c2ccc(Cl)nc2)CC3)cc(C(=O)O)c1)OCc1ccccc1. The van der Waals surface area contributed by atoms with Gasteiger partial charge in [0.1, 0.15) is 23.3 Å². The smallest absolute Gasteiger partial charge is 0.411 e. The lowest BCUT2D eigenvalue weighted by Gasteiger charge is -2.27. The summed E-state index contributed by atoms with van der Waals surface area (Å²) in [6.45, 7) is 0.460. The summed E-state index contributed by atoms with van der Waals surface area (Å²) in [7, 11) is 0. The van der Waals surface area contributed by atoms with E-state index >= 15 is 0 Å². The van der Waals surface area contributed by atoms with Crippen LogP contribution in [0.15, 0.2) is 85.1 Å². The molecule has 9 nitrogen and oxygen atoms in total. The molecule has 0 radical (unpaired) electrons. The van der Waals surface area contributed by atoms with Crippen LogP contribution in [0.3, 0.4) is 0 Å². The van der Waals surface area contributed by atoms with E-state index in [0.29, 0.717) is 23.0 Å². The van der Waals surface area contributed by atoms with Gasteiger partial charge in [0, 0.05) is 36.1 Å². The van der Waals surface area contributed by atoms with E-state index in [1.165, 1.54) is 17.7 Å². The molecule has 1 aromatic heterocycles. The summed E-state index contributed by atoms with van der Waals surface area (Å²) >= 11 is 5.84. The number of carbonyl (C=O) groups excluding carboxylic acids is 1. The fourth-order valence-electron chi connectivity index (χ4n) is 4.82. The number of halogens is 1. The van der Waals surface area contributed by atoms with Crippen LogP contribution in [0.2, 0.25) is 5.15 Å². The van der Waals surface area contributed by atoms with Crippen molar-refractivity contribution < 1.29 is 29.3 Å². The summed E-state index contributed by atoms with van der Waals surface area (Å²) in [5, 5.41) is 26.5. The maximum absolute atomic E-state index is 12.4. The molecule has 0 fully saturated rings. The Hall–Kier alpha value is -4.44. The Morgan fingerprint density at radius 1 is 1.00 bits per heavy atom. The molecule has 1 heterocycles. The number of rotatable bonds is 10. The number of fused-ring (bicyclic) bond motifs is 1. The predicted molar refractivity (Wildman–Crippen MR) is 158 cm³/mol. The molecule has 1 aliphatic rings. The predicted octanol–water partition coefficient (Wildman–Crippen LogP) is 6.15. The fourth-order valence-corrected chi connectivity index (χ4v) is 4.93. The highest BCUT2D eigenvalue weighted by molar-refractivity contribution is 6.29. The second-order valence-electron chi connectivity index (χ2n) is 10.0. The third kappa shape index (κ3) is 7.85. The number of nitrogens with one attached hydrogen (secondary N) is 2. The lowest BCUT2D eigenvalue weighted by atomic mass is 9.88. The largest absolute Gasteiger partial charge is 0.478 e. The number of aryl methyl sites for hydroxylation is 1. The van der Waals surface area contributed by atoms with Gasteiger partial charge in [-0.15, -0.1) is 0 Å². The van der Waals surface area contributed by atoms with E-state index in [1.807, 2.05) is 48.5 Å². The fraction of sp³-hybridized carbons (Fsp3) is 0.219. The van der Waals surface area contributed by atoms with Crippen LogP contribution in [0, 0.1) is 0 Å². The molecule has 0 spiro atoms. The van der Waals surface area contributed by atoms with Gasteiger partial charge in [-0.1, -0.05) is 54.1 Å². The highest BCUT2D eigenvalue weighted by Gasteiger charge is 2.21. The summed E-state index contributed by atoms with van der Waals surface area (Å²) in [6.07, 6.45) is 2.70. The number of carbonyl (C=O) groups is 2. The average Bonchev–Trinajstić information content (AvgIpc) is 2.99. The molecule has 216 valence electrons. The van der Waals surface area contributed by atoms with Gasteiger partial charge in [0.25, 0.3) is 0 Å². The molecule has 0 saturated heterocycles. The Bertz CT molecular complexity index is 1550. The van der Waals surface area contributed by atoms with E-state index in [-0.39, 0.29) is 29.6 Å². The number of anilines is 1. The molecule has 4 aromatic rings. The standard InChI is InChI=1S/C32H30ClN3O6/c33-30-11-8-22(17-35-30)29(37)18-34-25-9-6-21-7-10-27(14-23(21)12-25)42-28-15-24(31(38)39)13-26(16-28)36-32(40)41-19-20-4-2-1-3-5-20/h1-5,7-8,10-11,13-17,25,29,34,37H,6,9,12,18-19H2,(H,36,40)(H,38,39)/t25-,29+/m0/s1. The topological polar surface area (TPSA) is 130 Å². The highest BCUT2D eigenvalue weighted by atomic mass is 35.5. The summed E-state index contributed by atoms with van der Waals surface area (Å²) < 4.78 is 11.3. The van der Waals surface area contributed by atoms with Gasteiger partial charge < -0.3 is 25.0 Å². The monoisotopic (exact) mass is 587 g/mol. The number of hydrogen-bond acceptors (Lipinski definition) is 7. The summed E-state index contributed by atoms with van der Waals surface area (Å²) in [5.74, 6) is -0.350. The first-order valence-electron chi connectivity index (χ1n) is 13.5. The Morgan fingerprint density at radius 3 is 2.60 bits per heavy atom. The molecule has 3 aromatic carbocycles. The minimum absolute atomic E-state index is 0.0393. The van der Waals surface area contributed by atoms with Crippen LogP contribution in [0.1, 0.15) is 45.1 Å². The molecule has 0 aliphatic heterocycles. The first kappa shape index (κ1) is 29.1. The van der Waals surface area contributed by atoms with Crippen LogP contribution in [0.5, 0.6) is 11.5 Å². The molecule has 0 unspecified atom stereocenters. The summed E-state index contributed by atoms with van der Waals surface area (Å²) in [5.41, 5.74) is 4.04. The Balaban J connectivity index is 1.22. The second kappa shape index (κ2) is 13.5. The molecule has 42 heavy (non-hydrogen) atoms. The van der Waals surface area contributed by atoms with Gasteiger partial charge in [0.2, 0.25) is 0 Å². The van der Waals surface area contributed by atoms with E-state index in [4.69, 9.17) is 21.1 Å². The Morgan fingerprint density at radius 2 is 1.83 bits per heavy atom. The number of ether oxygens (including phenoxy) is 2. The number of benzene rings is 3. The molecule has 10 heteroatoms. The number of pyridine rings is 1. The number of aromatic nitrogens is 1. The summed E-state index contributed by atoms with van der Waals surface area (Å²) in [4.78, 5) is 28.2. The van der Waals surface area contributed by atoms with Gasteiger partial charge in [-0.3, -0.25) is 5.32 Å². The number of aromatic carboxylic acids is 1. The number of aliphatic hydroxyl groups excluding tert-OH is 1. The molecule has 0 saturated carbocycles. The molecule has 1 amide bonds. The zero-order chi connectivity index (χ0) is 29.5. The van der Waals surface area contributed by atoms with Gasteiger partial charge in [0.05, 0.1) is 11.7 Å². The van der Waals surface area contributed by atoms with Crippen LogP contribution >= 0.6 is 11.6 Å². The van der Waals surface area contributed by atoms with Crippen molar-refractivity contribution in [1.29, 1.82) is 0 Å². The van der Waals surface area contributed by atoms with E-state index in [9.17, 15) is 19.8 Å². The maximum atomic E-state index is 12.4. The third-order valence-corrected chi connectivity index (χ3v) is 7.21. The van der Waals surface area contributed by atoms with Gasteiger partial charge in [-0.25, -0.2) is 14.6 Å². The number of aliphatic hydroxyl groups is 1. The van der Waals surface area contributed by atoms with Crippen LogP contribution < -0.4 is 15.4 Å². The second-order valence-corrected chi connectivity index (χ2v) is 10.4. The molecule has 2 atom stereocenters. The van der Waals surface area contributed by atoms with Crippen molar-refractivity contribution in [2.75, 3.05) is 11.9 Å². The summed E-state index contributed by atoms with van der Waals surface area (Å²) in [6, 6.07) is 22.9. The number of carboxylic acids is 1. The quantitative estimate of drug-likeness (QED) is 0.162.